The first-order valence-electron chi connectivity index (χ1n) is 4.25. The minimum Gasteiger partial charge on any atom is -0.368 e. The van der Waals surface area contributed by atoms with Crippen LogP contribution in [0.15, 0.2) is 12.2 Å². The van der Waals surface area contributed by atoms with Gasteiger partial charge in [-0.1, -0.05) is 19.1 Å². The third kappa shape index (κ3) is 1.21. The van der Waals surface area contributed by atoms with Crippen molar-refractivity contribution in [2.45, 2.75) is 19.6 Å². The van der Waals surface area contributed by atoms with Crippen molar-refractivity contribution in [2.75, 3.05) is 6.61 Å². The van der Waals surface area contributed by atoms with Gasteiger partial charge in [-0.25, -0.2) is 0 Å². The van der Waals surface area contributed by atoms with Crippen LogP contribution in [0.4, 0.5) is 0 Å². The van der Waals surface area contributed by atoms with Gasteiger partial charge in [-0.2, -0.15) is 0 Å². The van der Waals surface area contributed by atoms with E-state index in [0.29, 0.717) is 17.8 Å². The van der Waals surface area contributed by atoms with Crippen LogP contribution >= 0.6 is 0 Å². The number of ether oxygens (including phenoxy) is 1. The van der Waals surface area contributed by atoms with E-state index in [-0.39, 0.29) is 0 Å². The SMILES string of the molecule is C[C@H]1C=C[C@@H]2CC(O)OC[C@@H]21. The van der Waals surface area contributed by atoms with Gasteiger partial charge in [-0.05, 0) is 17.8 Å². The molecule has 0 bridgehead atoms. The summed E-state index contributed by atoms with van der Waals surface area (Å²) < 4.78 is 5.18. The number of rotatable bonds is 0. The van der Waals surface area contributed by atoms with Gasteiger partial charge in [0.15, 0.2) is 6.29 Å². The van der Waals surface area contributed by atoms with Gasteiger partial charge in [0.05, 0.1) is 6.61 Å². The lowest BCUT2D eigenvalue weighted by molar-refractivity contribution is -0.154. The van der Waals surface area contributed by atoms with Crippen molar-refractivity contribution in [1.82, 2.24) is 0 Å². The summed E-state index contributed by atoms with van der Waals surface area (Å²) >= 11 is 0. The molecule has 2 nitrogen and oxygen atoms in total. The maximum atomic E-state index is 9.19. The van der Waals surface area contributed by atoms with Crippen LogP contribution in [0.2, 0.25) is 0 Å². The number of allylic oxidation sites excluding steroid dienone is 2. The maximum Gasteiger partial charge on any atom is 0.155 e. The van der Waals surface area contributed by atoms with Gasteiger partial charge in [0.1, 0.15) is 0 Å². The van der Waals surface area contributed by atoms with Gasteiger partial charge in [0.25, 0.3) is 0 Å². The van der Waals surface area contributed by atoms with Crippen molar-refractivity contribution in [3.63, 3.8) is 0 Å². The molecule has 0 aromatic rings. The highest BCUT2D eigenvalue weighted by Crippen LogP contribution is 2.37. The van der Waals surface area contributed by atoms with E-state index in [9.17, 15) is 5.11 Å². The van der Waals surface area contributed by atoms with Crippen LogP contribution in [-0.4, -0.2) is 18.0 Å². The van der Waals surface area contributed by atoms with Gasteiger partial charge in [0, 0.05) is 6.42 Å². The third-order valence-corrected chi connectivity index (χ3v) is 2.84. The van der Waals surface area contributed by atoms with Crippen LogP contribution in [0.5, 0.6) is 0 Å². The molecule has 1 aliphatic heterocycles. The zero-order valence-electron chi connectivity index (χ0n) is 6.73. The van der Waals surface area contributed by atoms with E-state index in [0.717, 1.165) is 13.0 Å². The Morgan fingerprint density at radius 3 is 3.09 bits per heavy atom. The fourth-order valence-electron chi connectivity index (χ4n) is 2.05. The molecule has 0 aromatic carbocycles. The van der Waals surface area contributed by atoms with Crippen molar-refractivity contribution in [3.05, 3.63) is 12.2 Å². The van der Waals surface area contributed by atoms with Gasteiger partial charge in [0.2, 0.25) is 0 Å². The first kappa shape index (κ1) is 7.32. The Balaban J connectivity index is 2.05. The second kappa shape index (κ2) is 2.61. The molecule has 1 aliphatic carbocycles. The largest absolute Gasteiger partial charge is 0.368 e. The van der Waals surface area contributed by atoms with Crippen LogP contribution < -0.4 is 0 Å². The first-order chi connectivity index (χ1) is 5.27. The minimum absolute atomic E-state index is 0.522. The molecule has 4 atom stereocenters. The Hall–Kier alpha value is -0.340. The van der Waals surface area contributed by atoms with Crippen molar-refractivity contribution < 1.29 is 9.84 Å². The van der Waals surface area contributed by atoms with Gasteiger partial charge in [-0.3, -0.25) is 0 Å². The van der Waals surface area contributed by atoms with E-state index < -0.39 is 6.29 Å². The fourth-order valence-corrected chi connectivity index (χ4v) is 2.05. The number of hydrogen-bond donors (Lipinski definition) is 1. The van der Waals surface area contributed by atoms with Crippen LogP contribution in [0.25, 0.3) is 0 Å². The van der Waals surface area contributed by atoms with Crippen molar-refractivity contribution in [3.8, 4) is 0 Å². The van der Waals surface area contributed by atoms with Gasteiger partial charge >= 0.3 is 0 Å². The summed E-state index contributed by atoms with van der Waals surface area (Å²) in [5.41, 5.74) is 0. The molecule has 0 radical (unpaired) electrons. The number of aliphatic hydroxyl groups excluding tert-OH is 1. The summed E-state index contributed by atoms with van der Waals surface area (Å²) in [6.45, 7) is 2.93. The molecule has 62 valence electrons. The summed E-state index contributed by atoms with van der Waals surface area (Å²) in [6.07, 6.45) is 4.72. The Labute approximate surface area is 66.9 Å². The molecule has 1 N–H and O–H groups in total. The molecule has 0 amide bonds. The number of hydrogen-bond acceptors (Lipinski definition) is 2. The molecule has 2 aliphatic rings. The molecule has 0 spiro atoms. The van der Waals surface area contributed by atoms with E-state index in [1.807, 2.05) is 0 Å². The predicted molar refractivity (Wildman–Crippen MR) is 41.9 cm³/mol. The number of aliphatic hydroxyl groups is 1. The minimum atomic E-state index is -0.522. The van der Waals surface area contributed by atoms with E-state index >= 15 is 0 Å². The molecule has 1 unspecified atom stereocenters. The van der Waals surface area contributed by atoms with E-state index in [1.54, 1.807) is 0 Å². The molecule has 0 aromatic heterocycles. The zero-order valence-corrected chi connectivity index (χ0v) is 6.73. The Kier molecular flexibility index (Phi) is 1.74. The predicted octanol–water partition coefficient (Wildman–Crippen LogP) is 1.16. The second-order valence-corrected chi connectivity index (χ2v) is 3.60. The summed E-state index contributed by atoms with van der Waals surface area (Å²) in [5.74, 6) is 1.82. The highest BCUT2D eigenvalue weighted by molar-refractivity contribution is 5.06. The van der Waals surface area contributed by atoms with Crippen molar-refractivity contribution >= 4 is 0 Å². The lowest BCUT2D eigenvalue weighted by Gasteiger charge is -2.31. The standard InChI is InChI=1S/C9H14O2/c1-6-2-3-7-4-9(10)11-5-8(6)7/h2-3,6-10H,4-5H2,1H3/t6-,7+,8+,9?/m0/s1. The fraction of sp³-hybridized carbons (Fsp3) is 0.778. The lowest BCUT2D eigenvalue weighted by Crippen LogP contribution is -2.32. The normalized spacial score (nSPS) is 49.3. The molecule has 0 saturated carbocycles. The van der Waals surface area contributed by atoms with Crippen molar-refractivity contribution in [2.24, 2.45) is 17.8 Å². The van der Waals surface area contributed by atoms with Crippen LogP contribution in [-0.2, 0) is 4.74 Å². The summed E-state index contributed by atoms with van der Waals surface area (Å²) in [7, 11) is 0. The molecule has 2 heteroatoms. The molecule has 1 saturated heterocycles. The highest BCUT2D eigenvalue weighted by Gasteiger charge is 2.34. The van der Waals surface area contributed by atoms with E-state index in [1.165, 1.54) is 0 Å². The van der Waals surface area contributed by atoms with E-state index in [4.69, 9.17) is 4.74 Å². The Morgan fingerprint density at radius 1 is 1.45 bits per heavy atom. The molecule has 1 fully saturated rings. The van der Waals surface area contributed by atoms with E-state index in [2.05, 4.69) is 19.1 Å². The van der Waals surface area contributed by atoms with Gasteiger partial charge < -0.3 is 9.84 Å². The topological polar surface area (TPSA) is 29.5 Å². The average Bonchev–Trinajstić information content (AvgIpc) is 2.32. The highest BCUT2D eigenvalue weighted by atomic mass is 16.6. The van der Waals surface area contributed by atoms with Crippen LogP contribution in [0.1, 0.15) is 13.3 Å². The molecular weight excluding hydrogens is 140 g/mol. The molecular formula is C9H14O2. The third-order valence-electron chi connectivity index (χ3n) is 2.84. The second-order valence-electron chi connectivity index (χ2n) is 3.60. The van der Waals surface area contributed by atoms with Gasteiger partial charge in [-0.15, -0.1) is 0 Å². The van der Waals surface area contributed by atoms with Crippen molar-refractivity contribution in [1.29, 1.82) is 0 Å². The summed E-state index contributed by atoms with van der Waals surface area (Å²) in [4.78, 5) is 0. The monoisotopic (exact) mass is 154 g/mol. The zero-order chi connectivity index (χ0) is 7.84. The summed E-state index contributed by atoms with van der Waals surface area (Å²) in [5, 5.41) is 9.19. The smallest absolute Gasteiger partial charge is 0.155 e. The summed E-state index contributed by atoms with van der Waals surface area (Å²) in [6, 6.07) is 0. The Morgan fingerprint density at radius 2 is 2.27 bits per heavy atom. The first-order valence-corrected chi connectivity index (χ1v) is 4.25. The lowest BCUT2D eigenvalue weighted by atomic mass is 9.86. The number of fused-ring (bicyclic) bond motifs is 1. The van der Waals surface area contributed by atoms with Crippen LogP contribution in [0, 0.1) is 17.8 Å². The molecule has 1 heterocycles. The molecule has 11 heavy (non-hydrogen) atoms. The Bertz CT molecular complexity index is 176. The molecule has 2 rings (SSSR count). The quantitative estimate of drug-likeness (QED) is 0.530. The maximum absolute atomic E-state index is 9.19. The van der Waals surface area contributed by atoms with Crippen LogP contribution in [0.3, 0.4) is 0 Å². The average molecular weight is 154 g/mol.